The molecule has 0 atom stereocenters. The molecule has 2 rings (SSSR count). The lowest BCUT2D eigenvalue weighted by Gasteiger charge is -2.20. The van der Waals surface area contributed by atoms with Crippen LogP contribution in [0.25, 0.3) is 0 Å². The maximum atomic E-state index is 14.1. The number of anilines is 2. The molecule has 138 valence electrons. The SMILES string of the molecule is CC(C)(C)OC(=O)Nc1ccccc1NC(=O)c1ccc(CN)cc1F. The van der Waals surface area contributed by atoms with Gasteiger partial charge in [0, 0.05) is 6.54 Å². The van der Waals surface area contributed by atoms with E-state index in [-0.39, 0.29) is 12.1 Å². The van der Waals surface area contributed by atoms with Crippen LogP contribution >= 0.6 is 0 Å². The zero-order valence-electron chi connectivity index (χ0n) is 14.9. The number of amides is 2. The lowest BCUT2D eigenvalue weighted by molar-refractivity contribution is 0.0635. The van der Waals surface area contributed by atoms with Crippen molar-refractivity contribution in [2.75, 3.05) is 10.6 Å². The number of benzene rings is 2. The average Bonchev–Trinajstić information content (AvgIpc) is 2.54. The molecule has 4 N–H and O–H groups in total. The first-order valence-corrected chi connectivity index (χ1v) is 8.08. The molecular weight excluding hydrogens is 337 g/mol. The number of hydrogen-bond acceptors (Lipinski definition) is 4. The van der Waals surface area contributed by atoms with E-state index in [0.29, 0.717) is 16.9 Å². The van der Waals surface area contributed by atoms with Crippen LogP contribution in [0.5, 0.6) is 0 Å². The molecule has 2 aromatic rings. The molecule has 0 saturated carbocycles. The molecule has 0 spiro atoms. The molecule has 0 saturated heterocycles. The first-order chi connectivity index (χ1) is 12.2. The fourth-order valence-electron chi connectivity index (χ4n) is 2.17. The Hall–Kier alpha value is -2.93. The second kappa shape index (κ2) is 7.97. The van der Waals surface area contributed by atoms with E-state index >= 15 is 0 Å². The second-order valence-electron chi connectivity index (χ2n) is 6.64. The van der Waals surface area contributed by atoms with Gasteiger partial charge in [0.2, 0.25) is 0 Å². The van der Waals surface area contributed by atoms with Gasteiger partial charge in [-0.15, -0.1) is 0 Å². The van der Waals surface area contributed by atoms with Gasteiger partial charge in [0.15, 0.2) is 0 Å². The average molecular weight is 359 g/mol. The third-order valence-electron chi connectivity index (χ3n) is 3.32. The van der Waals surface area contributed by atoms with Gasteiger partial charge < -0.3 is 15.8 Å². The van der Waals surface area contributed by atoms with Crippen LogP contribution in [-0.2, 0) is 11.3 Å². The van der Waals surface area contributed by atoms with Crippen molar-refractivity contribution in [3.63, 3.8) is 0 Å². The standard InChI is InChI=1S/C19H22FN3O3/c1-19(2,3)26-18(25)23-16-7-5-4-6-15(16)22-17(24)13-9-8-12(11-21)10-14(13)20/h4-10H,11,21H2,1-3H3,(H,22,24)(H,23,25). The van der Waals surface area contributed by atoms with Crippen molar-refractivity contribution in [3.05, 3.63) is 59.4 Å². The highest BCUT2D eigenvalue weighted by atomic mass is 19.1. The molecule has 0 unspecified atom stereocenters. The third kappa shape index (κ3) is 5.29. The quantitative estimate of drug-likeness (QED) is 0.772. The van der Waals surface area contributed by atoms with Gasteiger partial charge >= 0.3 is 6.09 Å². The Kier molecular flexibility index (Phi) is 5.94. The van der Waals surface area contributed by atoms with Crippen LogP contribution < -0.4 is 16.4 Å². The van der Waals surface area contributed by atoms with Crippen molar-refractivity contribution in [1.29, 1.82) is 0 Å². The molecule has 0 aliphatic carbocycles. The van der Waals surface area contributed by atoms with Gasteiger partial charge in [-0.2, -0.15) is 0 Å². The minimum Gasteiger partial charge on any atom is -0.444 e. The Morgan fingerprint density at radius 3 is 2.23 bits per heavy atom. The molecule has 7 heteroatoms. The van der Waals surface area contributed by atoms with Gasteiger partial charge in [-0.05, 0) is 50.6 Å². The lowest BCUT2D eigenvalue weighted by atomic mass is 10.1. The van der Waals surface area contributed by atoms with Gasteiger partial charge in [0.1, 0.15) is 11.4 Å². The van der Waals surface area contributed by atoms with Crippen LogP contribution in [0, 0.1) is 5.82 Å². The molecule has 2 amide bonds. The highest BCUT2D eigenvalue weighted by Crippen LogP contribution is 2.23. The van der Waals surface area contributed by atoms with Crippen molar-refractivity contribution in [3.8, 4) is 0 Å². The third-order valence-corrected chi connectivity index (χ3v) is 3.32. The first kappa shape index (κ1) is 19.4. The van der Waals surface area contributed by atoms with Crippen molar-refractivity contribution >= 4 is 23.4 Å². The number of halogens is 1. The molecule has 0 heterocycles. The fourth-order valence-corrected chi connectivity index (χ4v) is 2.17. The van der Waals surface area contributed by atoms with Crippen LogP contribution in [-0.4, -0.2) is 17.6 Å². The monoisotopic (exact) mass is 359 g/mol. The largest absolute Gasteiger partial charge is 0.444 e. The Morgan fingerprint density at radius 2 is 1.69 bits per heavy atom. The Balaban J connectivity index is 2.17. The molecule has 26 heavy (non-hydrogen) atoms. The molecule has 0 fully saturated rings. The maximum Gasteiger partial charge on any atom is 0.412 e. The summed E-state index contributed by atoms with van der Waals surface area (Å²) >= 11 is 0. The molecule has 6 nitrogen and oxygen atoms in total. The predicted molar refractivity (Wildman–Crippen MR) is 98.5 cm³/mol. The minimum atomic E-state index is -0.664. The van der Waals surface area contributed by atoms with Crippen molar-refractivity contribution < 1.29 is 18.7 Å². The summed E-state index contributed by atoms with van der Waals surface area (Å²) in [6.07, 6.45) is -0.655. The number of para-hydroxylation sites is 2. The van der Waals surface area contributed by atoms with E-state index in [1.54, 1.807) is 51.1 Å². The van der Waals surface area contributed by atoms with E-state index in [1.165, 1.54) is 12.1 Å². The van der Waals surface area contributed by atoms with Crippen LogP contribution in [0.3, 0.4) is 0 Å². The Bertz CT molecular complexity index is 816. The highest BCUT2D eigenvalue weighted by molar-refractivity contribution is 6.07. The van der Waals surface area contributed by atoms with Gasteiger partial charge in [0.25, 0.3) is 5.91 Å². The summed E-state index contributed by atoms with van der Waals surface area (Å²) in [5.41, 5.74) is 5.94. The molecule has 0 aliphatic heterocycles. The zero-order chi connectivity index (χ0) is 19.3. The van der Waals surface area contributed by atoms with Crippen molar-refractivity contribution in [2.45, 2.75) is 32.9 Å². The predicted octanol–water partition coefficient (Wildman–Crippen LogP) is 3.88. The summed E-state index contributed by atoms with van der Waals surface area (Å²) in [6, 6.07) is 10.8. The number of hydrogen-bond donors (Lipinski definition) is 3. The van der Waals surface area contributed by atoms with Gasteiger partial charge in [-0.25, -0.2) is 9.18 Å². The van der Waals surface area contributed by atoms with E-state index in [9.17, 15) is 14.0 Å². The lowest BCUT2D eigenvalue weighted by Crippen LogP contribution is -2.27. The normalized spacial score (nSPS) is 11.0. The van der Waals surface area contributed by atoms with Crippen molar-refractivity contribution in [2.24, 2.45) is 5.73 Å². The van der Waals surface area contributed by atoms with Gasteiger partial charge in [-0.1, -0.05) is 18.2 Å². The summed E-state index contributed by atoms with van der Waals surface area (Å²) in [6.45, 7) is 5.41. The van der Waals surface area contributed by atoms with Crippen molar-refractivity contribution in [1.82, 2.24) is 0 Å². The number of carbonyl (C=O) groups excluding carboxylic acids is 2. The molecule has 2 aromatic carbocycles. The molecule has 0 bridgehead atoms. The summed E-state index contributed by atoms with van der Waals surface area (Å²) < 4.78 is 19.3. The van der Waals surface area contributed by atoms with Crippen LogP contribution in [0.1, 0.15) is 36.7 Å². The Labute approximate surface area is 151 Å². The van der Waals surface area contributed by atoms with E-state index in [2.05, 4.69) is 10.6 Å². The van der Waals surface area contributed by atoms with E-state index in [1.807, 2.05) is 0 Å². The van der Waals surface area contributed by atoms with E-state index < -0.39 is 23.4 Å². The first-order valence-electron chi connectivity index (χ1n) is 8.08. The number of rotatable bonds is 4. The molecule has 0 aromatic heterocycles. The molecule has 0 aliphatic rings. The summed E-state index contributed by atoms with van der Waals surface area (Å²) in [4.78, 5) is 24.3. The smallest absolute Gasteiger partial charge is 0.412 e. The summed E-state index contributed by atoms with van der Waals surface area (Å²) in [5.74, 6) is -1.30. The van der Waals surface area contributed by atoms with Crippen LogP contribution in [0.4, 0.5) is 20.6 Å². The van der Waals surface area contributed by atoms with Crippen LogP contribution in [0.2, 0.25) is 0 Å². The number of nitrogens with two attached hydrogens (primary N) is 1. The topological polar surface area (TPSA) is 93.5 Å². The summed E-state index contributed by atoms with van der Waals surface area (Å²) in [7, 11) is 0. The highest BCUT2D eigenvalue weighted by Gasteiger charge is 2.18. The zero-order valence-corrected chi connectivity index (χ0v) is 14.9. The fraction of sp³-hybridized carbons (Fsp3) is 0.263. The van der Waals surface area contributed by atoms with Gasteiger partial charge in [0.05, 0.1) is 16.9 Å². The number of nitrogens with one attached hydrogen (secondary N) is 2. The van der Waals surface area contributed by atoms with E-state index in [0.717, 1.165) is 0 Å². The van der Waals surface area contributed by atoms with Gasteiger partial charge in [-0.3, -0.25) is 10.1 Å². The van der Waals surface area contributed by atoms with Crippen LogP contribution in [0.15, 0.2) is 42.5 Å². The number of carbonyl (C=O) groups is 2. The maximum absolute atomic E-state index is 14.1. The minimum absolute atomic E-state index is 0.116. The molecule has 0 radical (unpaired) electrons. The second-order valence-corrected chi connectivity index (χ2v) is 6.64. The Morgan fingerprint density at radius 1 is 1.08 bits per heavy atom. The van der Waals surface area contributed by atoms with E-state index in [4.69, 9.17) is 10.5 Å². The molecular formula is C19H22FN3O3. The summed E-state index contributed by atoms with van der Waals surface area (Å²) in [5, 5.41) is 5.16. The number of ether oxygens (including phenoxy) is 1.